The van der Waals surface area contributed by atoms with Gasteiger partial charge in [-0.25, -0.2) is 4.79 Å². The number of thioether (sulfide) groups is 1. The molecule has 2 saturated heterocycles. The zero-order valence-electron chi connectivity index (χ0n) is 12.5. The summed E-state index contributed by atoms with van der Waals surface area (Å²) in [6.07, 6.45) is -5.74. The number of fused-ring (bicyclic) bond motifs is 1. The Kier molecular flexibility index (Phi) is 2.30. The first-order chi connectivity index (χ1) is 9.12. The largest absolute Gasteiger partial charge is 0.481 e. The molecule has 0 aromatic rings. The summed E-state index contributed by atoms with van der Waals surface area (Å²) in [5, 5.41) is 13.8. The molecule has 0 aliphatic carbocycles. The molecule has 5 nitrogen and oxygen atoms in total. The van der Waals surface area contributed by atoms with Crippen LogP contribution in [0.2, 0.25) is 0 Å². The van der Waals surface area contributed by atoms with Crippen molar-refractivity contribution in [1.82, 2.24) is 10.6 Å². The third kappa shape index (κ3) is 2.61. The fourth-order valence-corrected chi connectivity index (χ4v) is 3.29. The van der Waals surface area contributed by atoms with Crippen molar-refractivity contribution in [2.75, 3.05) is 5.75 Å². The van der Waals surface area contributed by atoms with Crippen LogP contribution in [0.4, 0.5) is 4.79 Å². The lowest BCUT2D eigenvalue weighted by Crippen LogP contribution is -2.36. The van der Waals surface area contributed by atoms with Gasteiger partial charge in [0.25, 0.3) is 0 Å². The maximum absolute atomic E-state index is 11.2. The molecule has 2 heterocycles. The first kappa shape index (κ1) is 7.42. The molecule has 2 amide bonds. The zero-order chi connectivity index (χ0) is 15.1. The van der Waals surface area contributed by atoms with Crippen LogP contribution in [0.1, 0.15) is 31.1 Å². The molecule has 0 unspecified atom stereocenters. The number of hydrogen-bond donors (Lipinski definition) is 3. The van der Waals surface area contributed by atoms with Crippen molar-refractivity contribution in [2.45, 2.75) is 42.9 Å². The highest BCUT2D eigenvalue weighted by molar-refractivity contribution is 8.00. The molecule has 2 aliphatic heterocycles. The maximum Gasteiger partial charge on any atom is 0.315 e. The quantitative estimate of drug-likeness (QED) is 0.629. The van der Waals surface area contributed by atoms with E-state index in [-0.39, 0.29) is 29.8 Å². The van der Waals surface area contributed by atoms with Crippen LogP contribution in [0.5, 0.6) is 0 Å². The van der Waals surface area contributed by atoms with E-state index in [0.29, 0.717) is 5.75 Å². The highest BCUT2D eigenvalue weighted by Crippen LogP contribution is 2.33. The molecule has 0 spiro atoms. The van der Waals surface area contributed by atoms with E-state index >= 15 is 0 Å². The van der Waals surface area contributed by atoms with Crippen molar-refractivity contribution in [3.8, 4) is 0 Å². The van der Waals surface area contributed by atoms with Gasteiger partial charge in [-0.15, -0.1) is 0 Å². The summed E-state index contributed by atoms with van der Waals surface area (Å²) in [6, 6.07) is -0.596. The number of aliphatic carboxylic acids is 1. The lowest BCUT2D eigenvalue weighted by atomic mass is 10.0. The molecule has 90 valence electrons. The molecule has 6 heteroatoms. The van der Waals surface area contributed by atoms with Crippen molar-refractivity contribution >= 4 is 23.8 Å². The minimum absolute atomic E-state index is 0.0707. The number of carbonyl (C=O) groups excluding carboxylic acids is 1. The smallest absolute Gasteiger partial charge is 0.315 e. The Morgan fingerprint density at radius 1 is 1.56 bits per heavy atom. The monoisotopic (exact) mass is 248 g/mol. The first-order valence-electron chi connectivity index (χ1n) is 7.03. The number of urea groups is 1. The van der Waals surface area contributed by atoms with E-state index in [9.17, 15) is 9.59 Å². The van der Waals surface area contributed by atoms with Crippen LogP contribution in [0.25, 0.3) is 0 Å². The highest BCUT2D eigenvalue weighted by atomic mass is 32.2. The SMILES string of the molecule is [2H]C([2H])(CC(=O)O)C([2H])([2H])C[C@@H]1SC[C@@H]2NC(=O)N[C@@H]21. The Morgan fingerprint density at radius 2 is 2.38 bits per heavy atom. The Hall–Kier alpha value is -0.910. The summed E-state index contributed by atoms with van der Waals surface area (Å²) < 4.78 is 31.0. The van der Waals surface area contributed by atoms with Gasteiger partial charge in [0.15, 0.2) is 0 Å². The van der Waals surface area contributed by atoms with Gasteiger partial charge < -0.3 is 15.7 Å². The molecule has 16 heavy (non-hydrogen) atoms. The number of amides is 2. The van der Waals surface area contributed by atoms with Gasteiger partial charge in [0.1, 0.15) is 0 Å². The van der Waals surface area contributed by atoms with E-state index in [2.05, 4.69) is 10.6 Å². The summed E-state index contributed by atoms with van der Waals surface area (Å²) in [4.78, 5) is 21.9. The molecule has 3 atom stereocenters. The predicted octanol–water partition coefficient (Wildman–Crippen LogP) is 0.797. The van der Waals surface area contributed by atoms with E-state index in [1.165, 1.54) is 11.8 Å². The van der Waals surface area contributed by atoms with Gasteiger partial charge in [0.2, 0.25) is 0 Å². The first-order valence-corrected chi connectivity index (χ1v) is 6.08. The van der Waals surface area contributed by atoms with Gasteiger partial charge in [0.05, 0.1) is 12.1 Å². The number of hydrogen-bond acceptors (Lipinski definition) is 3. The summed E-state index contributed by atoms with van der Waals surface area (Å²) in [6.45, 7) is 0. The fourth-order valence-electron chi connectivity index (χ4n) is 1.88. The van der Waals surface area contributed by atoms with Crippen LogP contribution in [0.3, 0.4) is 0 Å². The lowest BCUT2D eigenvalue weighted by Gasteiger charge is -2.16. The van der Waals surface area contributed by atoms with Crippen molar-refractivity contribution in [3.05, 3.63) is 0 Å². The van der Waals surface area contributed by atoms with E-state index < -0.39 is 25.1 Å². The topological polar surface area (TPSA) is 78.4 Å². The van der Waals surface area contributed by atoms with Gasteiger partial charge in [-0.05, 0) is 12.8 Å². The average Bonchev–Trinajstić information content (AvgIpc) is 2.77. The molecule has 0 saturated carbocycles. The Bertz CT molecular complexity index is 435. The van der Waals surface area contributed by atoms with Crippen LogP contribution < -0.4 is 10.6 Å². The minimum Gasteiger partial charge on any atom is -0.481 e. The molecule has 0 aromatic carbocycles. The van der Waals surface area contributed by atoms with Crippen molar-refractivity contribution in [2.24, 2.45) is 0 Å². The van der Waals surface area contributed by atoms with Crippen LogP contribution in [-0.4, -0.2) is 40.2 Å². The predicted molar refractivity (Wildman–Crippen MR) is 61.6 cm³/mol. The standard InChI is InChI=1S/C10H16N2O3S/c13-8(14)4-2-1-3-7-9-6(5-16-7)11-10(15)12-9/h6-7,9H,1-5H2,(H,13,14)(H2,11,12,15)/t6-,7-,9-/m0/s1/i1D2,2D2. The van der Waals surface area contributed by atoms with Gasteiger partial charge in [-0.1, -0.05) is 6.37 Å². The molecule has 2 rings (SSSR count). The van der Waals surface area contributed by atoms with Crippen LogP contribution in [-0.2, 0) is 4.79 Å². The number of carbonyl (C=O) groups is 2. The van der Waals surface area contributed by atoms with Crippen LogP contribution in [0.15, 0.2) is 0 Å². The number of rotatable bonds is 5. The molecule has 3 N–H and O–H groups in total. The van der Waals surface area contributed by atoms with Crippen LogP contribution >= 0.6 is 11.8 Å². The second-order valence-electron chi connectivity index (χ2n) is 3.75. The summed E-state index contributed by atoms with van der Waals surface area (Å²) in [5.74, 6) is -0.724. The van der Waals surface area contributed by atoms with E-state index in [4.69, 9.17) is 10.6 Å². The van der Waals surface area contributed by atoms with E-state index in [1.54, 1.807) is 0 Å². The van der Waals surface area contributed by atoms with Gasteiger partial charge in [-0.2, -0.15) is 11.8 Å². The molecular weight excluding hydrogens is 228 g/mol. The molecule has 2 aliphatic rings. The minimum atomic E-state index is -2.45. The van der Waals surface area contributed by atoms with Gasteiger partial charge in [-0.3, -0.25) is 4.79 Å². The number of carboxylic acid groups (broad SMARTS) is 1. The highest BCUT2D eigenvalue weighted by Gasteiger charge is 2.42. The van der Waals surface area contributed by atoms with Crippen molar-refractivity contribution in [3.63, 3.8) is 0 Å². The normalized spacial score (nSPS) is 37.5. The van der Waals surface area contributed by atoms with Crippen molar-refractivity contribution in [1.29, 1.82) is 0 Å². The van der Waals surface area contributed by atoms with Gasteiger partial charge >= 0.3 is 12.0 Å². The Labute approximate surface area is 104 Å². The Balaban J connectivity index is 2.04. The number of nitrogens with one attached hydrogen (secondary N) is 2. The molecular formula is C10H16N2O3S. The summed E-state index contributed by atoms with van der Waals surface area (Å²) in [5.41, 5.74) is 0. The Morgan fingerprint density at radius 3 is 3.12 bits per heavy atom. The molecule has 0 radical (unpaired) electrons. The molecule has 2 fully saturated rings. The zero-order valence-corrected chi connectivity index (χ0v) is 9.34. The third-order valence-electron chi connectivity index (χ3n) is 2.61. The summed E-state index contributed by atoms with van der Waals surface area (Å²) >= 11 is 1.47. The fraction of sp³-hybridized carbons (Fsp3) is 0.800. The van der Waals surface area contributed by atoms with Gasteiger partial charge in [0, 0.05) is 22.9 Å². The van der Waals surface area contributed by atoms with E-state index in [1.807, 2.05) is 0 Å². The second-order valence-corrected chi connectivity index (χ2v) is 5.02. The lowest BCUT2D eigenvalue weighted by molar-refractivity contribution is -0.137. The number of carboxylic acids is 1. The average molecular weight is 248 g/mol. The second kappa shape index (κ2) is 4.95. The third-order valence-corrected chi connectivity index (χ3v) is 4.05. The van der Waals surface area contributed by atoms with Crippen LogP contribution in [0, 0.1) is 0 Å². The molecule has 0 aromatic heterocycles. The van der Waals surface area contributed by atoms with E-state index in [0.717, 1.165) is 0 Å². The maximum atomic E-state index is 11.2. The summed E-state index contributed by atoms with van der Waals surface area (Å²) in [7, 11) is 0. The van der Waals surface area contributed by atoms with Crippen molar-refractivity contribution < 1.29 is 20.2 Å². The molecule has 0 bridgehead atoms.